The predicted octanol–water partition coefficient (Wildman–Crippen LogP) is 5.08. The predicted molar refractivity (Wildman–Crippen MR) is 105 cm³/mol. The normalized spacial score (nSPS) is 21.1. The molecule has 1 aromatic rings. The van der Waals surface area contributed by atoms with Crippen molar-refractivity contribution in [3.63, 3.8) is 0 Å². The molecule has 0 amide bonds. The number of hydrogen-bond acceptors (Lipinski definition) is 4. The van der Waals surface area contributed by atoms with Gasteiger partial charge in [-0.2, -0.15) is 0 Å². The minimum atomic E-state index is -2.08. The summed E-state index contributed by atoms with van der Waals surface area (Å²) in [4.78, 5) is 24.8. The molecule has 0 unspecified atom stereocenters. The van der Waals surface area contributed by atoms with Gasteiger partial charge in [0.2, 0.25) is 0 Å². The van der Waals surface area contributed by atoms with Crippen molar-refractivity contribution in [1.29, 1.82) is 0 Å². The number of esters is 1. The Morgan fingerprint density at radius 1 is 0.962 bits per heavy atom. The molecule has 0 radical (unpaired) electrons. The molecule has 26 heavy (non-hydrogen) atoms. The van der Waals surface area contributed by atoms with Crippen molar-refractivity contribution >= 4 is 20.3 Å². The van der Waals surface area contributed by atoms with Crippen LogP contribution in [0, 0.1) is 11.8 Å². The third-order valence-electron chi connectivity index (χ3n) is 5.78. The van der Waals surface area contributed by atoms with Gasteiger partial charge in [0.15, 0.2) is 0 Å². The Morgan fingerprint density at radius 2 is 1.46 bits per heavy atom. The molecule has 1 fully saturated rings. The molecular formula is C21H32O4Si. The van der Waals surface area contributed by atoms with Crippen LogP contribution < -0.4 is 0 Å². The highest BCUT2D eigenvalue weighted by atomic mass is 28.4. The number of rotatable bonds is 5. The van der Waals surface area contributed by atoms with Crippen molar-refractivity contribution in [3.8, 4) is 0 Å². The summed E-state index contributed by atoms with van der Waals surface area (Å²) in [5.74, 6) is -0.407. The molecule has 5 heteroatoms. The fraction of sp³-hybridized carbons (Fsp3) is 0.619. The Morgan fingerprint density at radius 3 is 1.96 bits per heavy atom. The molecule has 144 valence electrons. The number of carbonyl (C=O) groups excluding carboxylic acids is 2. The van der Waals surface area contributed by atoms with E-state index in [9.17, 15) is 9.59 Å². The van der Waals surface area contributed by atoms with Crippen LogP contribution in [-0.2, 0) is 25.4 Å². The molecule has 0 saturated heterocycles. The van der Waals surface area contributed by atoms with E-state index in [0.717, 1.165) is 5.56 Å². The van der Waals surface area contributed by atoms with Gasteiger partial charge in [-0.15, -0.1) is 0 Å². The molecule has 1 saturated carbocycles. The first-order chi connectivity index (χ1) is 12.1. The van der Waals surface area contributed by atoms with Gasteiger partial charge in [0, 0.05) is 0 Å². The van der Waals surface area contributed by atoms with Crippen LogP contribution in [0.5, 0.6) is 0 Å². The highest BCUT2D eigenvalue weighted by Gasteiger charge is 2.42. The van der Waals surface area contributed by atoms with E-state index in [-0.39, 0.29) is 28.8 Å². The van der Waals surface area contributed by atoms with E-state index < -0.39 is 8.32 Å². The van der Waals surface area contributed by atoms with Crippen molar-refractivity contribution in [1.82, 2.24) is 0 Å². The molecule has 1 aromatic carbocycles. The van der Waals surface area contributed by atoms with Crippen molar-refractivity contribution in [2.24, 2.45) is 11.8 Å². The molecule has 0 N–H and O–H groups in total. The molecule has 0 aliphatic heterocycles. The molecule has 2 rings (SSSR count). The minimum absolute atomic E-state index is 0.0150. The molecule has 0 heterocycles. The quantitative estimate of drug-likeness (QED) is 0.531. The molecule has 0 aromatic heterocycles. The number of hydrogen-bond donors (Lipinski definition) is 0. The summed E-state index contributed by atoms with van der Waals surface area (Å²) in [6.07, 6.45) is 2.81. The van der Waals surface area contributed by atoms with Gasteiger partial charge in [-0.3, -0.25) is 9.59 Å². The van der Waals surface area contributed by atoms with Gasteiger partial charge >= 0.3 is 5.97 Å². The third kappa shape index (κ3) is 5.43. The fourth-order valence-corrected chi connectivity index (χ4v) is 3.88. The first-order valence-corrected chi connectivity index (χ1v) is 12.4. The van der Waals surface area contributed by atoms with Gasteiger partial charge in [-0.25, -0.2) is 0 Å². The third-order valence-corrected chi connectivity index (χ3v) is 10.1. The van der Waals surface area contributed by atoms with Crippen LogP contribution >= 0.6 is 0 Å². The molecule has 0 atom stereocenters. The van der Waals surface area contributed by atoms with E-state index in [0.29, 0.717) is 32.3 Å². The van der Waals surface area contributed by atoms with E-state index >= 15 is 0 Å². The molecule has 1 aliphatic carbocycles. The lowest BCUT2D eigenvalue weighted by Gasteiger charge is -2.37. The zero-order valence-electron chi connectivity index (χ0n) is 16.7. The number of benzene rings is 1. The van der Waals surface area contributed by atoms with Crippen LogP contribution in [0.25, 0.3) is 0 Å². The smallest absolute Gasteiger partial charge is 0.309 e. The Kier molecular flexibility index (Phi) is 6.67. The average Bonchev–Trinajstić information content (AvgIpc) is 2.59. The van der Waals surface area contributed by atoms with Gasteiger partial charge < -0.3 is 9.16 Å². The van der Waals surface area contributed by atoms with Crippen molar-refractivity contribution in [3.05, 3.63) is 35.9 Å². The first-order valence-electron chi connectivity index (χ1n) is 9.53. The molecule has 4 nitrogen and oxygen atoms in total. The summed E-state index contributed by atoms with van der Waals surface area (Å²) in [7, 11) is -2.08. The van der Waals surface area contributed by atoms with Crippen molar-refractivity contribution in [2.45, 2.75) is 71.2 Å². The maximum atomic E-state index is 12.5. The van der Waals surface area contributed by atoms with Crippen LogP contribution in [0.1, 0.15) is 52.0 Å². The second kappa shape index (κ2) is 8.38. The molecule has 0 bridgehead atoms. The maximum Gasteiger partial charge on any atom is 0.309 e. The highest BCUT2D eigenvalue weighted by Crippen LogP contribution is 2.38. The van der Waals surface area contributed by atoms with Crippen LogP contribution in [0.3, 0.4) is 0 Å². The van der Waals surface area contributed by atoms with Gasteiger partial charge in [0.25, 0.3) is 14.3 Å². The lowest BCUT2D eigenvalue weighted by molar-refractivity contribution is -0.153. The summed E-state index contributed by atoms with van der Waals surface area (Å²) < 4.78 is 11.4. The summed E-state index contributed by atoms with van der Waals surface area (Å²) in [5.41, 5.74) is 0.993. The maximum absolute atomic E-state index is 12.5. The molecule has 0 spiro atoms. The van der Waals surface area contributed by atoms with Gasteiger partial charge in [0.05, 0.1) is 11.8 Å². The zero-order chi connectivity index (χ0) is 19.4. The van der Waals surface area contributed by atoms with E-state index in [4.69, 9.17) is 9.16 Å². The second-order valence-corrected chi connectivity index (χ2v) is 13.5. The topological polar surface area (TPSA) is 52.6 Å². The standard InChI is InChI=1S/C21H32O4Si/c1-21(2,3)26(4,5)25-20(23)18-13-11-17(12-14-18)19(22)24-15-16-9-7-6-8-10-16/h6-10,17-18H,11-15H2,1-5H3. The first kappa shape index (κ1) is 20.7. The van der Waals surface area contributed by atoms with Gasteiger partial charge in [-0.1, -0.05) is 51.1 Å². The lowest BCUT2D eigenvalue weighted by atomic mass is 9.82. The largest absolute Gasteiger partial charge is 0.519 e. The van der Waals surface area contributed by atoms with E-state index in [1.165, 1.54) is 0 Å². The molecular weight excluding hydrogens is 344 g/mol. The van der Waals surface area contributed by atoms with E-state index in [2.05, 4.69) is 33.9 Å². The van der Waals surface area contributed by atoms with Gasteiger partial charge in [0.1, 0.15) is 6.61 Å². The summed E-state index contributed by atoms with van der Waals surface area (Å²) in [6, 6.07) is 9.70. The number of carbonyl (C=O) groups is 2. The Bertz CT molecular complexity index is 611. The Hall–Kier alpha value is -1.62. The van der Waals surface area contributed by atoms with Crippen LogP contribution in [0.15, 0.2) is 30.3 Å². The van der Waals surface area contributed by atoms with Crippen LogP contribution in [-0.4, -0.2) is 20.3 Å². The zero-order valence-corrected chi connectivity index (χ0v) is 17.7. The van der Waals surface area contributed by atoms with E-state index in [1.54, 1.807) is 0 Å². The summed E-state index contributed by atoms with van der Waals surface area (Å²) >= 11 is 0. The second-order valence-electron chi connectivity index (χ2n) is 8.82. The van der Waals surface area contributed by atoms with Crippen molar-refractivity contribution in [2.75, 3.05) is 0 Å². The van der Waals surface area contributed by atoms with Crippen LogP contribution in [0.4, 0.5) is 0 Å². The minimum Gasteiger partial charge on any atom is -0.519 e. The Balaban J connectivity index is 1.79. The average molecular weight is 377 g/mol. The summed E-state index contributed by atoms with van der Waals surface area (Å²) in [6.45, 7) is 10.9. The van der Waals surface area contributed by atoms with Crippen molar-refractivity contribution < 1.29 is 18.8 Å². The number of ether oxygens (including phenoxy) is 1. The SMILES string of the molecule is CC(C)(C)[Si](C)(C)OC(=O)C1CCC(C(=O)OCc2ccccc2)CC1. The molecule has 1 aliphatic rings. The van der Waals surface area contributed by atoms with E-state index in [1.807, 2.05) is 30.3 Å². The highest BCUT2D eigenvalue weighted by molar-refractivity contribution is 6.75. The Labute approximate surface area is 158 Å². The lowest BCUT2D eigenvalue weighted by Crippen LogP contribution is -2.44. The summed E-state index contributed by atoms with van der Waals surface area (Å²) in [5, 5.41) is 0.0150. The monoisotopic (exact) mass is 376 g/mol. The fourth-order valence-electron chi connectivity index (χ4n) is 2.90. The van der Waals surface area contributed by atoms with Crippen LogP contribution in [0.2, 0.25) is 18.1 Å². The van der Waals surface area contributed by atoms with Gasteiger partial charge in [-0.05, 0) is 49.4 Å².